The molecule has 3 amide bonds. The lowest BCUT2D eigenvalue weighted by Crippen LogP contribution is -2.39. The lowest BCUT2D eigenvalue weighted by Gasteiger charge is -2.18. The van der Waals surface area contributed by atoms with Gasteiger partial charge in [0.1, 0.15) is 0 Å². The number of nitrogens with one attached hydrogen (secondary N) is 1. The van der Waals surface area contributed by atoms with Crippen LogP contribution in [-0.4, -0.2) is 44.1 Å². The molecule has 1 aromatic carbocycles. The molecule has 1 fully saturated rings. The van der Waals surface area contributed by atoms with E-state index in [0.29, 0.717) is 37.6 Å². The number of benzene rings is 1. The second-order valence-corrected chi connectivity index (χ2v) is 5.15. The number of urea groups is 1. The largest absolute Gasteiger partial charge is 0.493 e. The molecule has 0 spiro atoms. The predicted molar refractivity (Wildman–Crippen MR) is 80.7 cm³/mol. The van der Waals surface area contributed by atoms with Crippen LogP contribution in [0.1, 0.15) is 12.0 Å². The van der Waals surface area contributed by atoms with Gasteiger partial charge >= 0.3 is 6.03 Å². The topological polar surface area (TPSA) is 93.9 Å². The van der Waals surface area contributed by atoms with Crippen LogP contribution in [0.4, 0.5) is 4.79 Å². The third-order valence-corrected chi connectivity index (χ3v) is 3.79. The van der Waals surface area contributed by atoms with Gasteiger partial charge in [0.05, 0.1) is 20.1 Å². The van der Waals surface area contributed by atoms with Crippen LogP contribution in [0.5, 0.6) is 11.5 Å². The first-order chi connectivity index (χ1) is 10.6. The van der Waals surface area contributed by atoms with Crippen molar-refractivity contribution in [3.05, 3.63) is 23.8 Å². The van der Waals surface area contributed by atoms with Crippen LogP contribution in [0.2, 0.25) is 0 Å². The van der Waals surface area contributed by atoms with Gasteiger partial charge in [-0.05, 0) is 12.5 Å². The molecule has 1 heterocycles. The summed E-state index contributed by atoms with van der Waals surface area (Å²) in [5.41, 5.74) is 6.09. The lowest BCUT2D eigenvalue weighted by atomic mass is 10.1. The van der Waals surface area contributed by atoms with Gasteiger partial charge in [-0.3, -0.25) is 4.79 Å². The normalized spacial score (nSPS) is 17.2. The Kier molecular flexibility index (Phi) is 5.08. The zero-order chi connectivity index (χ0) is 16.1. The van der Waals surface area contributed by atoms with Crippen molar-refractivity contribution < 1.29 is 19.1 Å². The summed E-state index contributed by atoms with van der Waals surface area (Å²) in [6.45, 7) is 1.22. The Morgan fingerprint density at radius 2 is 2.14 bits per heavy atom. The molecule has 1 aliphatic rings. The van der Waals surface area contributed by atoms with Gasteiger partial charge in [-0.2, -0.15) is 0 Å². The maximum absolute atomic E-state index is 12.1. The van der Waals surface area contributed by atoms with Crippen molar-refractivity contribution >= 4 is 11.9 Å². The summed E-state index contributed by atoms with van der Waals surface area (Å²) in [4.78, 5) is 24.9. The first-order valence-electron chi connectivity index (χ1n) is 7.08. The number of rotatable bonds is 5. The van der Waals surface area contributed by atoms with Crippen LogP contribution < -0.4 is 20.5 Å². The molecular weight excluding hydrogens is 286 g/mol. The smallest absolute Gasteiger partial charge is 0.317 e. The summed E-state index contributed by atoms with van der Waals surface area (Å²) in [7, 11) is 3.12. The molecule has 0 radical (unpaired) electrons. The van der Waals surface area contributed by atoms with Gasteiger partial charge in [0.15, 0.2) is 11.5 Å². The lowest BCUT2D eigenvalue weighted by molar-refractivity contribution is -0.121. The van der Waals surface area contributed by atoms with E-state index < -0.39 is 0 Å². The molecule has 7 nitrogen and oxygen atoms in total. The molecule has 7 heteroatoms. The van der Waals surface area contributed by atoms with Gasteiger partial charge in [0, 0.05) is 25.2 Å². The Morgan fingerprint density at radius 3 is 2.73 bits per heavy atom. The molecule has 0 unspecified atom stereocenters. The molecule has 0 aromatic heterocycles. The van der Waals surface area contributed by atoms with Gasteiger partial charge in [-0.25, -0.2) is 4.79 Å². The number of likely N-dealkylation sites (tertiary alicyclic amines) is 1. The summed E-state index contributed by atoms with van der Waals surface area (Å²) >= 11 is 0. The van der Waals surface area contributed by atoms with Crippen molar-refractivity contribution in [2.45, 2.75) is 13.0 Å². The van der Waals surface area contributed by atoms with Gasteiger partial charge in [0.25, 0.3) is 0 Å². The number of amides is 3. The number of carbonyl (C=O) groups is 2. The number of nitrogens with two attached hydrogens (primary N) is 1. The number of methoxy groups -OCH3 is 2. The molecule has 3 N–H and O–H groups in total. The van der Waals surface area contributed by atoms with E-state index in [0.717, 1.165) is 5.56 Å². The number of hydrogen-bond acceptors (Lipinski definition) is 4. The van der Waals surface area contributed by atoms with Crippen LogP contribution >= 0.6 is 0 Å². The zero-order valence-electron chi connectivity index (χ0n) is 12.8. The van der Waals surface area contributed by atoms with E-state index in [9.17, 15) is 9.59 Å². The molecule has 1 aliphatic heterocycles. The minimum absolute atomic E-state index is 0.214. The van der Waals surface area contributed by atoms with Crippen LogP contribution in [0, 0.1) is 5.92 Å². The summed E-state index contributed by atoms with van der Waals surface area (Å²) in [5.74, 6) is 0.604. The highest BCUT2D eigenvalue weighted by atomic mass is 16.5. The molecule has 0 saturated carbocycles. The summed E-state index contributed by atoms with van der Waals surface area (Å²) in [6, 6.07) is 5.27. The van der Waals surface area contributed by atoms with E-state index in [1.165, 1.54) is 0 Å². The SMILES string of the molecule is COc1cccc(CNC(=O)N2CC[C@H](C(N)=O)C2)c1OC. The number of hydrogen-bond donors (Lipinski definition) is 2. The minimum Gasteiger partial charge on any atom is -0.493 e. The number of para-hydroxylation sites is 1. The molecule has 120 valence electrons. The first-order valence-corrected chi connectivity index (χ1v) is 7.08. The van der Waals surface area contributed by atoms with E-state index >= 15 is 0 Å². The van der Waals surface area contributed by atoms with E-state index in [1.807, 2.05) is 12.1 Å². The minimum atomic E-state index is -0.357. The number of primary amides is 1. The molecule has 0 bridgehead atoms. The van der Waals surface area contributed by atoms with E-state index in [-0.39, 0.29) is 17.9 Å². The highest BCUT2D eigenvalue weighted by Gasteiger charge is 2.29. The number of ether oxygens (including phenoxy) is 2. The van der Waals surface area contributed by atoms with Gasteiger partial charge in [-0.15, -0.1) is 0 Å². The third kappa shape index (κ3) is 3.41. The summed E-state index contributed by atoms with van der Waals surface area (Å²) in [6.07, 6.45) is 0.616. The maximum Gasteiger partial charge on any atom is 0.317 e. The van der Waals surface area contributed by atoms with Gasteiger partial charge < -0.3 is 25.4 Å². The predicted octanol–water partition coefficient (Wildman–Crippen LogP) is 0.721. The fraction of sp³-hybridized carbons (Fsp3) is 0.467. The Hall–Kier alpha value is -2.44. The van der Waals surface area contributed by atoms with Crippen molar-refractivity contribution in [2.24, 2.45) is 11.7 Å². The number of nitrogens with zero attached hydrogens (tertiary/aromatic N) is 1. The quantitative estimate of drug-likeness (QED) is 0.838. The van der Waals surface area contributed by atoms with Crippen LogP contribution in [0.15, 0.2) is 18.2 Å². The second kappa shape index (κ2) is 7.02. The third-order valence-electron chi connectivity index (χ3n) is 3.79. The Balaban J connectivity index is 1.96. The fourth-order valence-corrected chi connectivity index (χ4v) is 2.55. The molecule has 0 aliphatic carbocycles. The first kappa shape index (κ1) is 15.9. The molecule has 1 atom stereocenters. The van der Waals surface area contributed by atoms with Gasteiger partial charge in [-0.1, -0.05) is 12.1 Å². The summed E-state index contributed by atoms with van der Waals surface area (Å²) in [5, 5.41) is 2.83. The van der Waals surface area contributed by atoms with Crippen molar-refractivity contribution in [3.63, 3.8) is 0 Å². The standard InChI is InChI=1S/C15H21N3O4/c1-21-12-5-3-4-10(13(12)22-2)8-17-15(20)18-7-6-11(9-18)14(16)19/h3-5,11H,6-9H2,1-2H3,(H2,16,19)(H,17,20)/t11-/m0/s1. The summed E-state index contributed by atoms with van der Waals surface area (Å²) < 4.78 is 10.5. The van der Waals surface area contributed by atoms with Crippen molar-refractivity contribution in [2.75, 3.05) is 27.3 Å². The van der Waals surface area contributed by atoms with E-state index in [1.54, 1.807) is 25.2 Å². The van der Waals surface area contributed by atoms with E-state index in [2.05, 4.69) is 5.32 Å². The molecule has 1 aromatic rings. The monoisotopic (exact) mass is 307 g/mol. The highest BCUT2D eigenvalue weighted by Crippen LogP contribution is 2.30. The van der Waals surface area contributed by atoms with Gasteiger partial charge in [0.2, 0.25) is 5.91 Å². The molecular formula is C15H21N3O4. The van der Waals surface area contributed by atoms with E-state index in [4.69, 9.17) is 15.2 Å². The van der Waals surface area contributed by atoms with Crippen molar-refractivity contribution in [1.29, 1.82) is 0 Å². The Morgan fingerprint density at radius 1 is 1.36 bits per heavy atom. The molecule has 2 rings (SSSR count). The van der Waals surface area contributed by atoms with Crippen LogP contribution in [0.3, 0.4) is 0 Å². The average Bonchev–Trinajstić information content (AvgIpc) is 3.02. The Bertz CT molecular complexity index is 562. The van der Waals surface area contributed by atoms with Crippen molar-refractivity contribution in [3.8, 4) is 11.5 Å². The second-order valence-electron chi connectivity index (χ2n) is 5.15. The molecule has 22 heavy (non-hydrogen) atoms. The highest BCUT2D eigenvalue weighted by molar-refractivity contribution is 5.80. The molecule has 1 saturated heterocycles. The Labute approximate surface area is 129 Å². The average molecular weight is 307 g/mol. The van der Waals surface area contributed by atoms with Crippen molar-refractivity contribution in [1.82, 2.24) is 10.2 Å². The fourth-order valence-electron chi connectivity index (χ4n) is 2.55. The van der Waals surface area contributed by atoms with Crippen LogP contribution in [0.25, 0.3) is 0 Å². The van der Waals surface area contributed by atoms with Crippen LogP contribution in [-0.2, 0) is 11.3 Å². The maximum atomic E-state index is 12.1. The number of carbonyl (C=O) groups excluding carboxylic acids is 2. The zero-order valence-corrected chi connectivity index (χ0v) is 12.8.